The summed E-state index contributed by atoms with van der Waals surface area (Å²) in [5.41, 5.74) is 3.26. The Kier molecular flexibility index (Phi) is 3.90. The highest BCUT2D eigenvalue weighted by molar-refractivity contribution is 5.93. The maximum Gasteiger partial charge on any atom is 0.270 e. The van der Waals surface area contributed by atoms with Crippen molar-refractivity contribution in [3.8, 4) is 0 Å². The molecule has 2 heterocycles. The largest absolute Gasteiger partial charge is 0.343 e. The smallest absolute Gasteiger partial charge is 0.270 e. The zero-order valence-corrected chi connectivity index (χ0v) is 11.3. The molecule has 1 atom stereocenters. The van der Waals surface area contributed by atoms with Crippen LogP contribution in [0.3, 0.4) is 0 Å². The minimum atomic E-state index is -0.173. The summed E-state index contributed by atoms with van der Waals surface area (Å²) in [6.07, 6.45) is 3.42. The van der Waals surface area contributed by atoms with Gasteiger partial charge in [0.1, 0.15) is 5.69 Å². The number of nitrogens with zero attached hydrogens (tertiary/aromatic N) is 2. The molecule has 0 radical (unpaired) electrons. The Morgan fingerprint density at radius 2 is 2.00 bits per heavy atom. The molecule has 2 aromatic rings. The van der Waals surface area contributed by atoms with E-state index >= 15 is 0 Å². The fraction of sp³-hybridized carbons (Fsp3) is 0.267. The van der Waals surface area contributed by atoms with Gasteiger partial charge in [0.05, 0.1) is 11.7 Å². The van der Waals surface area contributed by atoms with Crippen molar-refractivity contribution in [1.82, 2.24) is 15.3 Å². The molecule has 0 aliphatic carbocycles. The second-order valence-corrected chi connectivity index (χ2v) is 4.62. The molecule has 19 heavy (non-hydrogen) atoms. The van der Waals surface area contributed by atoms with Crippen LogP contribution in [-0.2, 0) is 0 Å². The van der Waals surface area contributed by atoms with Gasteiger partial charge in [-0.25, -0.2) is 0 Å². The maximum atomic E-state index is 12.1. The fourth-order valence-electron chi connectivity index (χ4n) is 1.80. The van der Waals surface area contributed by atoms with Crippen LogP contribution in [-0.4, -0.2) is 15.9 Å². The number of nitrogens with one attached hydrogen (secondary N) is 1. The zero-order valence-electron chi connectivity index (χ0n) is 11.3. The lowest BCUT2D eigenvalue weighted by Gasteiger charge is -2.14. The van der Waals surface area contributed by atoms with Crippen LogP contribution in [0, 0.1) is 13.8 Å². The van der Waals surface area contributed by atoms with E-state index in [1.807, 2.05) is 45.0 Å². The Morgan fingerprint density at radius 1 is 1.21 bits per heavy atom. The number of hydrogen-bond donors (Lipinski definition) is 1. The highest BCUT2D eigenvalue weighted by Gasteiger charge is 2.14. The van der Waals surface area contributed by atoms with Gasteiger partial charge < -0.3 is 5.32 Å². The summed E-state index contributed by atoms with van der Waals surface area (Å²) >= 11 is 0. The van der Waals surface area contributed by atoms with Gasteiger partial charge in [-0.1, -0.05) is 12.1 Å². The van der Waals surface area contributed by atoms with Crippen LogP contribution in [0.1, 0.15) is 40.3 Å². The van der Waals surface area contributed by atoms with E-state index in [-0.39, 0.29) is 11.9 Å². The van der Waals surface area contributed by atoms with Crippen LogP contribution in [0.2, 0.25) is 0 Å². The molecule has 2 aromatic heterocycles. The van der Waals surface area contributed by atoms with E-state index in [9.17, 15) is 4.79 Å². The first-order chi connectivity index (χ1) is 9.08. The second kappa shape index (κ2) is 5.61. The minimum absolute atomic E-state index is 0.144. The SMILES string of the molecule is Cc1ccc(C(C)NC(=O)c2ncccc2C)nc1. The third kappa shape index (κ3) is 3.16. The summed E-state index contributed by atoms with van der Waals surface area (Å²) in [7, 11) is 0. The summed E-state index contributed by atoms with van der Waals surface area (Å²) in [6, 6.07) is 7.45. The van der Waals surface area contributed by atoms with Gasteiger partial charge in [0.2, 0.25) is 0 Å². The normalized spacial score (nSPS) is 11.9. The molecule has 1 unspecified atom stereocenters. The molecule has 0 aliphatic rings. The van der Waals surface area contributed by atoms with Crippen LogP contribution in [0.5, 0.6) is 0 Å². The van der Waals surface area contributed by atoms with Crippen LogP contribution >= 0.6 is 0 Å². The molecule has 1 amide bonds. The highest BCUT2D eigenvalue weighted by Crippen LogP contribution is 2.11. The molecule has 0 bridgehead atoms. The number of aryl methyl sites for hydroxylation is 2. The van der Waals surface area contributed by atoms with Crippen LogP contribution < -0.4 is 5.32 Å². The van der Waals surface area contributed by atoms with E-state index < -0.39 is 0 Å². The maximum absolute atomic E-state index is 12.1. The molecule has 0 fully saturated rings. The summed E-state index contributed by atoms with van der Waals surface area (Å²) in [5.74, 6) is -0.173. The summed E-state index contributed by atoms with van der Waals surface area (Å²) in [4.78, 5) is 20.5. The molecule has 1 N–H and O–H groups in total. The van der Waals surface area contributed by atoms with Crippen LogP contribution in [0.25, 0.3) is 0 Å². The summed E-state index contributed by atoms with van der Waals surface area (Å²) in [6.45, 7) is 5.77. The van der Waals surface area contributed by atoms with Crippen molar-refractivity contribution in [1.29, 1.82) is 0 Å². The minimum Gasteiger partial charge on any atom is -0.343 e. The van der Waals surface area contributed by atoms with Crippen molar-refractivity contribution in [3.63, 3.8) is 0 Å². The molecular weight excluding hydrogens is 238 g/mol. The monoisotopic (exact) mass is 255 g/mol. The first kappa shape index (κ1) is 13.2. The van der Waals surface area contributed by atoms with Gasteiger partial charge in [0.15, 0.2) is 0 Å². The van der Waals surface area contributed by atoms with E-state index in [0.717, 1.165) is 16.8 Å². The van der Waals surface area contributed by atoms with Crippen LogP contribution in [0.4, 0.5) is 0 Å². The molecule has 4 nitrogen and oxygen atoms in total. The van der Waals surface area contributed by atoms with Crippen LogP contribution in [0.15, 0.2) is 36.7 Å². The van der Waals surface area contributed by atoms with Crippen molar-refractivity contribution < 1.29 is 4.79 Å². The quantitative estimate of drug-likeness (QED) is 0.917. The molecule has 4 heteroatoms. The van der Waals surface area contributed by atoms with Gasteiger partial charge in [-0.05, 0) is 44.0 Å². The first-order valence-corrected chi connectivity index (χ1v) is 6.23. The number of carbonyl (C=O) groups excluding carboxylic acids is 1. The number of aromatic nitrogens is 2. The number of amides is 1. The van der Waals surface area contributed by atoms with Gasteiger partial charge >= 0.3 is 0 Å². The lowest BCUT2D eigenvalue weighted by Crippen LogP contribution is -2.28. The van der Waals surface area contributed by atoms with E-state index in [0.29, 0.717) is 5.69 Å². The lowest BCUT2D eigenvalue weighted by atomic mass is 10.1. The van der Waals surface area contributed by atoms with Crippen molar-refractivity contribution in [2.75, 3.05) is 0 Å². The third-order valence-electron chi connectivity index (χ3n) is 2.95. The van der Waals surface area contributed by atoms with Gasteiger partial charge in [-0.2, -0.15) is 0 Å². The van der Waals surface area contributed by atoms with Gasteiger partial charge in [0, 0.05) is 12.4 Å². The van der Waals surface area contributed by atoms with Crippen molar-refractivity contribution in [2.24, 2.45) is 0 Å². The molecular formula is C15H17N3O. The molecule has 0 saturated heterocycles. The average Bonchev–Trinajstić information content (AvgIpc) is 2.39. The molecule has 0 saturated carbocycles. The lowest BCUT2D eigenvalue weighted by molar-refractivity contribution is 0.0933. The Hall–Kier alpha value is -2.23. The first-order valence-electron chi connectivity index (χ1n) is 6.23. The third-order valence-corrected chi connectivity index (χ3v) is 2.95. The molecule has 2 rings (SSSR count). The van der Waals surface area contributed by atoms with Crippen molar-refractivity contribution in [2.45, 2.75) is 26.8 Å². The number of hydrogen-bond acceptors (Lipinski definition) is 3. The number of pyridine rings is 2. The molecule has 0 spiro atoms. The average molecular weight is 255 g/mol. The summed E-state index contributed by atoms with van der Waals surface area (Å²) in [5, 5.41) is 2.91. The van der Waals surface area contributed by atoms with Gasteiger partial charge in [-0.15, -0.1) is 0 Å². The highest BCUT2D eigenvalue weighted by atomic mass is 16.1. The second-order valence-electron chi connectivity index (χ2n) is 4.62. The van der Waals surface area contributed by atoms with E-state index in [2.05, 4.69) is 15.3 Å². The van der Waals surface area contributed by atoms with E-state index in [1.165, 1.54) is 0 Å². The van der Waals surface area contributed by atoms with Gasteiger partial charge in [-0.3, -0.25) is 14.8 Å². The zero-order chi connectivity index (χ0) is 13.8. The molecule has 98 valence electrons. The van der Waals surface area contributed by atoms with Gasteiger partial charge in [0.25, 0.3) is 5.91 Å². The van der Waals surface area contributed by atoms with E-state index in [1.54, 1.807) is 12.4 Å². The fourth-order valence-corrected chi connectivity index (χ4v) is 1.80. The molecule has 0 aliphatic heterocycles. The Bertz CT molecular complexity index is 578. The predicted octanol–water partition coefficient (Wildman–Crippen LogP) is 2.58. The summed E-state index contributed by atoms with van der Waals surface area (Å²) < 4.78 is 0. The number of rotatable bonds is 3. The van der Waals surface area contributed by atoms with Crippen molar-refractivity contribution in [3.05, 3.63) is 59.2 Å². The molecule has 0 aromatic carbocycles. The standard InChI is InChI=1S/C15H17N3O/c1-10-6-7-13(17-9-10)12(3)18-15(19)14-11(2)5-4-8-16-14/h4-9,12H,1-3H3,(H,18,19). The Morgan fingerprint density at radius 3 is 2.63 bits per heavy atom. The van der Waals surface area contributed by atoms with E-state index in [4.69, 9.17) is 0 Å². The number of carbonyl (C=O) groups is 1. The van der Waals surface area contributed by atoms with Crippen molar-refractivity contribution >= 4 is 5.91 Å². The Labute approximate surface area is 112 Å². The topological polar surface area (TPSA) is 54.9 Å². The predicted molar refractivity (Wildman–Crippen MR) is 73.8 cm³/mol. The Balaban J connectivity index is 2.11.